The van der Waals surface area contributed by atoms with E-state index in [1.54, 1.807) is 12.1 Å². The molecule has 100 valence electrons. The Hall–Kier alpha value is -1.77. The summed E-state index contributed by atoms with van der Waals surface area (Å²) in [4.78, 5) is 13.3. The number of carbonyl (C=O) groups is 1. The fourth-order valence-electron chi connectivity index (χ4n) is 2.03. The molecule has 1 aromatic carbocycles. The summed E-state index contributed by atoms with van der Waals surface area (Å²) < 4.78 is 0. The molecule has 0 radical (unpaired) electrons. The third kappa shape index (κ3) is 2.37. The molecule has 1 aliphatic rings. The maximum absolute atomic E-state index is 11.4. The van der Waals surface area contributed by atoms with Crippen LogP contribution in [0.3, 0.4) is 0 Å². The minimum Gasteiger partial charge on any atom is -0.378 e. The van der Waals surface area contributed by atoms with Crippen LogP contribution < -0.4 is 10.2 Å². The molecule has 1 heterocycles. The molecule has 5 nitrogen and oxygen atoms in total. The van der Waals surface area contributed by atoms with E-state index in [1.807, 2.05) is 18.9 Å². The second-order valence-corrected chi connectivity index (χ2v) is 5.01. The predicted octanol–water partition coefficient (Wildman–Crippen LogP) is 2.06. The maximum Gasteiger partial charge on any atom is 0.257 e. The topological polar surface area (TPSA) is 76.4 Å². The van der Waals surface area contributed by atoms with Crippen molar-refractivity contribution in [3.05, 3.63) is 22.7 Å². The normalized spacial score (nSPS) is 18.5. The third-order valence-electron chi connectivity index (χ3n) is 3.35. The van der Waals surface area contributed by atoms with Gasteiger partial charge >= 0.3 is 0 Å². The molecule has 2 unspecified atom stereocenters. The molecule has 0 saturated heterocycles. The zero-order valence-electron chi connectivity index (χ0n) is 10.6. The number of nitrogens with one attached hydrogen (secondary N) is 1. The van der Waals surface area contributed by atoms with Gasteiger partial charge in [0, 0.05) is 24.3 Å². The van der Waals surface area contributed by atoms with Crippen molar-refractivity contribution in [3.8, 4) is 6.07 Å². The Labute approximate surface area is 116 Å². The molecule has 19 heavy (non-hydrogen) atoms. The van der Waals surface area contributed by atoms with Crippen molar-refractivity contribution in [1.29, 1.82) is 5.26 Å². The molecule has 2 rings (SSSR count). The lowest BCUT2D eigenvalue weighted by atomic mass is 10.1. The van der Waals surface area contributed by atoms with Crippen LogP contribution >= 0.6 is 11.6 Å². The van der Waals surface area contributed by atoms with E-state index in [-0.39, 0.29) is 6.04 Å². The Morgan fingerprint density at radius 1 is 1.63 bits per heavy atom. The number of hydrogen-bond acceptors (Lipinski definition) is 4. The van der Waals surface area contributed by atoms with Crippen LogP contribution in [0.5, 0.6) is 0 Å². The van der Waals surface area contributed by atoms with Crippen LogP contribution in [0.25, 0.3) is 0 Å². The monoisotopic (exact) mass is 279 g/mol. The number of anilines is 2. The number of rotatable bonds is 3. The smallest absolute Gasteiger partial charge is 0.257 e. The van der Waals surface area contributed by atoms with Gasteiger partial charge in [-0.25, -0.2) is 0 Å². The lowest BCUT2D eigenvalue weighted by Crippen LogP contribution is -2.28. The summed E-state index contributed by atoms with van der Waals surface area (Å²) in [6, 6.07) is 5.42. The minimum absolute atomic E-state index is 0.00239. The van der Waals surface area contributed by atoms with E-state index in [4.69, 9.17) is 16.9 Å². The van der Waals surface area contributed by atoms with Gasteiger partial charge in [-0.05, 0) is 19.1 Å². The summed E-state index contributed by atoms with van der Waals surface area (Å²) in [5, 5.41) is 21.4. The van der Waals surface area contributed by atoms with Gasteiger partial charge in [-0.15, -0.1) is 0 Å². The van der Waals surface area contributed by atoms with Gasteiger partial charge in [0.15, 0.2) is 6.10 Å². The van der Waals surface area contributed by atoms with Crippen molar-refractivity contribution >= 4 is 28.9 Å². The number of fused-ring (bicyclic) bond motifs is 1. The molecule has 1 aliphatic heterocycles. The highest BCUT2D eigenvalue weighted by atomic mass is 35.5. The van der Waals surface area contributed by atoms with Gasteiger partial charge in [0.1, 0.15) is 0 Å². The van der Waals surface area contributed by atoms with Crippen molar-refractivity contribution in [2.24, 2.45) is 0 Å². The fourth-order valence-corrected chi connectivity index (χ4v) is 2.34. The second-order valence-electron chi connectivity index (χ2n) is 4.60. The summed E-state index contributed by atoms with van der Waals surface area (Å²) in [5.41, 5.74) is 1.77. The Balaban J connectivity index is 2.37. The van der Waals surface area contributed by atoms with Crippen molar-refractivity contribution in [2.45, 2.75) is 25.5 Å². The lowest BCUT2D eigenvalue weighted by Gasteiger charge is -2.26. The number of benzene rings is 1. The number of halogens is 1. The molecule has 6 heteroatoms. The van der Waals surface area contributed by atoms with Crippen LogP contribution in [0.1, 0.15) is 25.0 Å². The van der Waals surface area contributed by atoms with Crippen LogP contribution in [0.4, 0.5) is 11.4 Å². The fraction of sp³-hybridized carbons (Fsp3) is 0.385. The van der Waals surface area contributed by atoms with Crippen LogP contribution in [0.15, 0.2) is 12.1 Å². The number of aliphatic hydroxyl groups is 1. The first-order valence-corrected chi connectivity index (χ1v) is 6.25. The van der Waals surface area contributed by atoms with Crippen molar-refractivity contribution in [2.75, 3.05) is 17.3 Å². The molecule has 1 amide bonds. The quantitative estimate of drug-likeness (QED) is 0.888. The molecule has 1 aromatic rings. The number of hydrogen-bond donors (Lipinski definition) is 2. The van der Waals surface area contributed by atoms with Crippen molar-refractivity contribution in [3.63, 3.8) is 0 Å². The van der Waals surface area contributed by atoms with Gasteiger partial charge in [-0.2, -0.15) is 5.26 Å². The van der Waals surface area contributed by atoms with Crippen molar-refractivity contribution in [1.82, 2.24) is 0 Å². The van der Waals surface area contributed by atoms with Crippen LogP contribution in [-0.4, -0.2) is 24.1 Å². The van der Waals surface area contributed by atoms with Gasteiger partial charge in [-0.3, -0.25) is 4.79 Å². The highest BCUT2D eigenvalue weighted by Gasteiger charge is 2.30. The van der Waals surface area contributed by atoms with E-state index >= 15 is 0 Å². The van der Waals surface area contributed by atoms with Crippen molar-refractivity contribution < 1.29 is 9.90 Å². The molecule has 2 atom stereocenters. The summed E-state index contributed by atoms with van der Waals surface area (Å²) in [5.74, 6) is -0.448. The van der Waals surface area contributed by atoms with Gasteiger partial charge < -0.3 is 15.3 Å². The highest BCUT2D eigenvalue weighted by molar-refractivity contribution is 6.33. The maximum atomic E-state index is 11.4. The zero-order valence-corrected chi connectivity index (χ0v) is 11.4. The first-order valence-electron chi connectivity index (χ1n) is 5.88. The first kappa shape index (κ1) is 13.7. The molecule has 2 N–H and O–H groups in total. The van der Waals surface area contributed by atoms with E-state index in [0.29, 0.717) is 22.7 Å². The average molecular weight is 280 g/mol. The first-order chi connectivity index (χ1) is 8.95. The van der Waals surface area contributed by atoms with E-state index in [0.717, 1.165) is 5.69 Å². The van der Waals surface area contributed by atoms with Gasteiger partial charge in [0.25, 0.3) is 5.91 Å². The molecule has 0 fully saturated rings. The van der Waals surface area contributed by atoms with Gasteiger partial charge in [0.05, 0.1) is 23.2 Å². The number of nitriles is 1. The van der Waals surface area contributed by atoms with E-state index in [1.165, 1.54) is 0 Å². The molecule has 0 spiro atoms. The number of carbonyl (C=O) groups excluding carboxylic acids is 1. The SMILES string of the molecule is CC(CC#N)N(C)c1cc2c(cc1Cl)C(O)C(=O)N2. The predicted molar refractivity (Wildman–Crippen MR) is 73.1 cm³/mol. The van der Waals surface area contributed by atoms with Gasteiger partial charge in [0.2, 0.25) is 0 Å². The third-order valence-corrected chi connectivity index (χ3v) is 3.65. The largest absolute Gasteiger partial charge is 0.378 e. The summed E-state index contributed by atoms with van der Waals surface area (Å²) in [7, 11) is 1.84. The van der Waals surface area contributed by atoms with Crippen LogP contribution in [0, 0.1) is 11.3 Å². The number of amides is 1. The molecule has 0 saturated carbocycles. The Morgan fingerprint density at radius 3 is 2.95 bits per heavy atom. The Bertz CT molecular complexity index is 568. The molecular formula is C13H14ClN3O2. The zero-order chi connectivity index (χ0) is 14.2. The summed E-state index contributed by atoms with van der Waals surface area (Å²) >= 11 is 6.19. The number of aliphatic hydroxyl groups excluding tert-OH is 1. The highest BCUT2D eigenvalue weighted by Crippen LogP contribution is 2.39. The molecular weight excluding hydrogens is 266 g/mol. The summed E-state index contributed by atoms with van der Waals surface area (Å²) in [6.45, 7) is 1.92. The van der Waals surface area contributed by atoms with E-state index < -0.39 is 12.0 Å². The Morgan fingerprint density at radius 2 is 2.32 bits per heavy atom. The van der Waals surface area contributed by atoms with E-state index in [9.17, 15) is 9.90 Å². The molecule has 0 bridgehead atoms. The molecule has 0 aromatic heterocycles. The van der Waals surface area contributed by atoms with Crippen LogP contribution in [0.2, 0.25) is 5.02 Å². The minimum atomic E-state index is -1.16. The van der Waals surface area contributed by atoms with E-state index in [2.05, 4.69) is 11.4 Å². The summed E-state index contributed by atoms with van der Waals surface area (Å²) in [6.07, 6.45) is -0.790. The van der Waals surface area contributed by atoms with Gasteiger partial charge in [-0.1, -0.05) is 11.6 Å². The Kier molecular flexibility index (Phi) is 3.65. The standard InChI is InChI=1S/C13H14ClN3O2/c1-7(3-4-15)17(2)11-6-10-8(5-9(11)14)12(18)13(19)16-10/h5-7,12,18H,3H2,1-2H3,(H,16,19). The number of nitrogens with zero attached hydrogens (tertiary/aromatic N) is 2. The lowest BCUT2D eigenvalue weighted by molar-refractivity contribution is -0.123. The second kappa shape index (κ2) is 5.08. The van der Waals surface area contributed by atoms with Crippen LogP contribution in [-0.2, 0) is 4.79 Å². The average Bonchev–Trinajstić information content (AvgIpc) is 2.64. The molecule has 0 aliphatic carbocycles.